The molecule has 0 fully saturated rings. The van der Waals surface area contributed by atoms with E-state index in [0.717, 1.165) is 10.6 Å². The number of halogens is 1. The minimum atomic E-state index is -0.522. The van der Waals surface area contributed by atoms with Gasteiger partial charge in [-0.1, -0.05) is 18.2 Å². The molecule has 0 aliphatic rings. The summed E-state index contributed by atoms with van der Waals surface area (Å²) in [6, 6.07) is 15.8. The third kappa shape index (κ3) is 4.46. The second kappa shape index (κ2) is 8.59. The molecule has 0 bridgehead atoms. The zero-order valence-corrected chi connectivity index (χ0v) is 17.3. The van der Waals surface area contributed by atoms with E-state index in [9.17, 15) is 9.18 Å². The smallest absolute Gasteiger partial charge is 0.258 e. The molecule has 0 atom stereocenters. The lowest BCUT2D eigenvalue weighted by Gasteiger charge is -2.10. The number of amides is 1. The summed E-state index contributed by atoms with van der Waals surface area (Å²) < 4.78 is 14.1. The fourth-order valence-electron chi connectivity index (χ4n) is 3.00. The minimum Gasteiger partial charge on any atom is -0.322 e. The molecule has 150 valence electrons. The molecule has 0 saturated heterocycles. The molecule has 1 N–H and O–H groups in total. The van der Waals surface area contributed by atoms with Crippen LogP contribution >= 0.6 is 11.8 Å². The van der Waals surface area contributed by atoms with Crippen LogP contribution in [0.5, 0.6) is 0 Å². The maximum Gasteiger partial charge on any atom is 0.258 e. The van der Waals surface area contributed by atoms with Gasteiger partial charge in [-0.05, 0) is 49.7 Å². The third-order valence-corrected chi connectivity index (χ3v) is 5.61. The first kappa shape index (κ1) is 20.0. The minimum absolute atomic E-state index is 0.161. The Labute approximate surface area is 177 Å². The number of rotatable bonds is 5. The normalized spacial score (nSPS) is 10.9. The number of aromatic nitrogens is 3. The number of anilines is 1. The Morgan fingerprint density at radius 2 is 1.87 bits per heavy atom. The maximum absolute atomic E-state index is 14.1. The van der Waals surface area contributed by atoms with Crippen molar-refractivity contribution in [1.29, 1.82) is 0 Å². The van der Waals surface area contributed by atoms with Crippen molar-refractivity contribution in [1.82, 2.24) is 15.0 Å². The summed E-state index contributed by atoms with van der Waals surface area (Å²) in [5.74, 6) is -0.231. The van der Waals surface area contributed by atoms with Gasteiger partial charge in [0.1, 0.15) is 11.3 Å². The number of hydrogen-bond donors (Lipinski definition) is 1. The maximum atomic E-state index is 14.1. The Hall–Kier alpha value is -3.32. The Balaban J connectivity index is 1.56. The first-order chi connectivity index (χ1) is 14.5. The van der Waals surface area contributed by atoms with Crippen LogP contribution in [0.3, 0.4) is 0 Å². The lowest BCUT2D eigenvalue weighted by atomic mass is 10.1. The summed E-state index contributed by atoms with van der Waals surface area (Å²) in [4.78, 5) is 26.0. The van der Waals surface area contributed by atoms with E-state index in [1.165, 1.54) is 12.1 Å². The Morgan fingerprint density at radius 1 is 1.03 bits per heavy atom. The highest BCUT2D eigenvalue weighted by Crippen LogP contribution is 2.24. The SMILES string of the molecule is Cc1nc2cc(F)cc(C(=O)Nc3cccc(CSc4ccccn4)c3)c2nc1C. The Morgan fingerprint density at radius 3 is 2.67 bits per heavy atom. The number of nitrogens with zero attached hydrogens (tertiary/aromatic N) is 3. The van der Waals surface area contributed by atoms with Crippen molar-refractivity contribution >= 4 is 34.4 Å². The lowest BCUT2D eigenvalue weighted by molar-refractivity contribution is 0.102. The molecule has 0 aliphatic carbocycles. The van der Waals surface area contributed by atoms with Crippen molar-refractivity contribution in [2.75, 3.05) is 5.32 Å². The number of hydrogen-bond acceptors (Lipinski definition) is 5. The van der Waals surface area contributed by atoms with Crippen LogP contribution in [0.4, 0.5) is 10.1 Å². The van der Waals surface area contributed by atoms with E-state index in [2.05, 4.69) is 20.3 Å². The molecular formula is C23H19FN4OS. The highest BCUT2D eigenvalue weighted by atomic mass is 32.2. The summed E-state index contributed by atoms with van der Waals surface area (Å²) in [5.41, 5.74) is 4.00. The van der Waals surface area contributed by atoms with Crippen molar-refractivity contribution in [3.8, 4) is 0 Å². The molecule has 4 aromatic rings. The van der Waals surface area contributed by atoms with Crippen molar-refractivity contribution in [3.63, 3.8) is 0 Å². The molecule has 0 aliphatic heterocycles. The van der Waals surface area contributed by atoms with Crippen molar-refractivity contribution < 1.29 is 9.18 Å². The van der Waals surface area contributed by atoms with E-state index in [1.807, 2.05) is 43.3 Å². The molecule has 2 heterocycles. The molecular weight excluding hydrogens is 399 g/mol. The molecule has 5 nitrogen and oxygen atoms in total. The van der Waals surface area contributed by atoms with Gasteiger partial charge in [-0.25, -0.2) is 19.3 Å². The van der Waals surface area contributed by atoms with Crippen molar-refractivity contribution in [3.05, 3.63) is 89.1 Å². The largest absolute Gasteiger partial charge is 0.322 e. The van der Waals surface area contributed by atoms with Crippen LogP contribution in [0.1, 0.15) is 27.3 Å². The Kier molecular flexibility index (Phi) is 5.72. The van der Waals surface area contributed by atoms with Crippen molar-refractivity contribution in [2.24, 2.45) is 0 Å². The van der Waals surface area contributed by atoms with Gasteiger partial charge in [0.15, 0.2) is 0 Å². The van der Waals surface area contributed by atoms with E-state index >= 15 is 0 Å². The molecule has 0 unspecified atom stereocenters. The molecule has 1 amide bonds. The van der Waals surface area contributed by atoms with Gasteiger partial charge in [0.25, 0.3) is 5.91 Å². The van der Waals surface area contributed by atoms with Gasteiger partial charge in [0, 0.05) is 23.7 Å². The highest BCUT2D eigenvalue weighted by Gasteiger charge is 2.16. The third-order valence-electron chi connectivity index (χ3n) is 4.60. The van der Waals surface area contributed by atoms with Gasteiger partial charge in [0.05, 0.1) is 27.5 Å². The first-order valence-corrected chi connectivity index (χ1v) is 10.4. The summed E-state index contributed by atoms with van der Waals surface area (Å²) >= 11 is 1.61. The van der Waals surface area contributed by atoms with Crippen LogP contribution in [0.25, 0.3) is 11.0 Å². The van der Waals surface area contributed by atoms with E-state index < -0.39 is 11.7 Å². The monoisotopic (exact) mass is 418 g/mol. The van der Waals surface area contributed by atoms with Gasteiger partial charge in [-0.2, -0.15) is 0 Å². The van der Waals surface area contributed by atoms with Crippen LogP contribution in [0.2, 0.25) is 0 Å². The topological polar surface area (TPSA) is 67.8 Å². The number of benzene rings is 2. The van der Waals surface area contributed by atoms with Gasteiger partial charge in [0.2, 0.25) is 0 Å². The number of carbonyl (C=O) groups excluding carboxylic acids is 1. The summed E-state index contributed by atoms with van der Waals surface area (Å²) in [6.07, 6.45) is 1.76. The quantitative estimate of drug-likeness (QED) is 0.444. The first-order valence-electron chi connectivity index (χ1n) is 9.38. The second-order valence-electron chi connectivity index (χ2n) is 6.83. The predicted molar refractivity (Wildman–Crippen MR) is 117 cm³/mol. The average Bonchev–Trinajstić information content (AvgIpc) is 2.74. The summed E-state index contributed by atoms with van der Waals surface area (Å²) in [5, 5.41) is 3.78. The second-order valence-corrected chi connectivity index (χ2v) is 7.82. The van der Waals surface area contributed by atoms with Crippen LogP contribution in [0, 0.1) is 19.7 Å². The van der Waals surface area contributed by atoms with E-state index in [-0.39, 0.29) is 5.56 Å². The van der Waals surface area contributed by atoms with Crippen LogP contribution < -0.4 is 5.32 Å². The number of nitrogens with one attached hydrogen (secondary N) is 1. The lowest BCUT2D eigenvalue weighted by Crippen LogP contribution is -2.14. The zero-order valence-electron chi connectivity index (χ0n) is 16.5. The zero-order chi connectivity index (χ0) is 21.1. The molecule has 0 saturated carbocycles. The molecule has 7 heteroatoms. The average molecular weight is 418 g/mol. The molecule has 2 aromatic heterocycles. The van der Waals surface area contributed by atoms with Gasteiger partial charge in [-0.15, -0.1) is 11.8 Å². The summed E-state index contributed by atoms with van der Waals surface area (Å²) in [6.45, 7) is 3.62. The predicted octanol–water partition coefficient (Wildman–Crippen LogP) is 5.33. The molecule has 2 aromatic carbocycles. The van der Waals surface area contributed by atoms with Gasteiger partial charge in [-0.3, -0.25) is 4.79 Å². The fourth-order valence-corrected chi connectivity index (χ4v) is 3.80. The molecule has 0 radical (unpaired) electrons. The highest BCUT2D eigenvalue weighted by molar-refractivity contribution is 7.98. The fraction of sp³-hybridized carbons (Fsp3) is 0.130. The standard InChI is InChI=1S/C23H19FN4OS/c1-14-15(2)27-22-19(11-17(24)12-20(22)26-14)23(29)28-18-7-5-6-16(10-18)13-30-21-8-3-4-9-25-21/h3-12H,13H2,1-2H3,(H,28,29). The summed E-state index contributed by atoms with van der Waals surface area (Å²) in [7, 11) is 0. The molecule has 4 rings (SSSR count). The number of pyridine rings is 1. The van der Waals surface area contributed by atoms with E-state index in [1.54, 1.807) is 30.9 Å². The molecule has 0 spiro atoms. The van der Waals surface area contributed by atoms with Gasteiger partial charge >= 0.3 is 0 Å². The number of carbonyl (C=O) groups is 1. The van der Waals surface area contributed by atoms with Crippen LogP contribution in [-0.2, 0) is 5.75 Å². The number of aryl methyl sites for hydroxylation is 2. The molecule has 30 heavy (non-hydrogen) atoms. The van der Waals surface area contributed by atoms with E-state index in [4.69, 9.17) is 0 Å². The van der Waals surface area contributed by atoms with Crippen LogP contribution in [-0.4, -0.2) is 20.9 Å². The Bertz CT molecular complexity index is 1230. The number of thioether (sulfide) groups is 1. The number of fused-ring (bicyclic) bond motifs is 1. The van der Waals surface area contributed by atoms with Gasteiger partial charge < -0.3 is 5.32 Å². The van der Waals surface area contributed by atoms with Crippen LogP contribution in [0.15, 0.2) is 65.8 Å². The van der Waals surface area contributed by atoms with E-state index in [0.29, 0.717) is 33.9 Å². The van der Waals surface area contributed by atoms with Crippen molar-refractivity contribution in [2.45, 2.75) is 24.6 Å².